The Hall–Kier alpha value is -1.03. The minimum atomic E-state index is -0.288. The first-order valence-electron chi connectivity index (χ1n) is 4.93. The molecule has 1 aromatic rings. The van der Waals surface area contributed by atoms with E-state index in [9.17, 15) is 4.39 Å². The normalized spacial score (nSPS) is 25.4. The average molecular weight is 226 g/mol. The molecule has 1 saturated heterocycles. The maximum absolute atomic E-state index is 13.0. The largest absolute Gasteiger partial charge is 0.399 e. The first kappa shape index (κ1) is 10.5. The Balaban J connectivity index is 2.07. The summed E-state index contributed by atoms with van der Waals surface area (Å²) >= 11 is 0. The van der Waals surface area contributed by atoms with Gasteiger partial charge >= 0.3 is 0 Å². The number of hydrogen-bond acceptors (Lipinski definition) is 2. The van der Waals surface area contributed by atoms with Crippen LogP contribution >= 0.6 is 10.5 Å². The highest BCUT2D eigenvalue weighted by atomic mass is 32.2. The summed E-state index contributed by atoms with van der Waals surface area (Å²) in [4.78, 5) is 0. The fourth-order valence-corrected chi connectivity index (χ4v) is 3.41. The zero-order chi connectivity index (χ0) is 10.8. The van der Waals surface area contributed by atoms with E-state index in [1.165, 1.54) is 17.9 Å². The standard InChI is InChI=1S/C11H15FN2S/c1-15-3-2-10(7-15)14-11-5-8(12)4-9(13)6-11/h4-6,10,14H,1-3,7,13H2. The van der Waals surface area contributed by atoms with Crippen molar-refractivity contribution >= 4 is 27.7 Å². The van der Waals surface area contributed by atoms with Crippen molar-refractivity contribution < 1.29 is 4.39 Å². The molecule has 15 heavy (non-hydrogen) atoms. The summed E-state index contributed by atoms with van der Waals surface area (Å²) in [6.07, 6.45) is 1.11. The molecular formula is C11H15FN2S. The number of anilines is 2. The van der Waals surface area contributed by atoms with Crippen molar-refractivity contribution in [1.82, 2.24) is 0 Å². The van der Waals surface area contributed by atoms with Crippen molar-refractivity contribution in [3.05, 3.63) is 24.0 Å². The summed E-state index contributed by atoms with van der Waals surface area (Å²) in [6.45, 7) is 0. The van der Waals surface area contributed by atoms with Crippen LogP contribution in [-0.4, -0.2) is 23.4 Å². The van der Waals surface area contributed by atoms with Crippen LogP contribution in [0.25, 0.3) is 0 Å². The predicted octanol–water partition coefficient (Wildman–Crippen LogP) is 2.29. The first-order chi connectivity index (χ1) is 7.13. The Bertz CT molecular complexity index is 372. The molecule has 0 spiro atoms. The Morgan fingerprint density at radius 3 is 2.87 bits per heavy atom. The summed E-state index contributed by atoms with van der Waals surface area (Å²) in [7, 11) is 0.275. The molecule has 1 aromatic carbocycles. The number of nitrogen functional groups attached to an aromatic ring is 1. The van der Waals surface area contributed by atoms with Gasteiger partial charge in [-0.3, -0.25) is 0 Å². The van der Waals surface area contributed by atoms with E-state index in [1.807, 2.05) is 0 Å². The zero-order valence-corrected chi connectivity index (χ0v) is 9.32. The second-order valence-corrected chi connectivity index (χ2v) is 5.85. The third-order valence-electron chi connectivity index (χ3n) is 2.48. The van der Waals surface area contributed by atoms with E-state index in [1.54, 1.807) is 6.07 Å². The SMILES string of the molecule is C=S1CCC(Nc2cc(N)cc(F)c2)C1. The Morgan fingerprint density at radius 1 is 1.47 bits per heavy atom. The van der Waals surface area contributed by atoms with E-state index in [0.29, 0.717) is 11.7 Å². The molecule has 3 N–H and O–H groups in total. The van der Waals surface area contributed by atoms with Crippen molar-refractivity contribution in [2.24, 2.45) is 0 Å². The number of rotatable bonds is 2. The number of nitrogens with two attached hydrogens (primary N) is 1. The highest BCUT2D eigenvalue weighted by molar-refractivity contribution is 8.14. The molecule has 2 nitrogen and oxygen atoms in total. The van der Waals surface area contributed by atoms with Crippen LogP contribution in [0.5, 0.6) is 0 Å². The number of halogens is 1. The van der Waals surface area contributed by atoms with Gasteiger partial charge in [-0.2, -0.15) is 10.5 Å². The molecule has 0 aromatic heterocycles. The van der Waals surface area contributed by atoms with Crippen LogP contribution in [0.4, 0.5) is 15.8 Å². The van der Waals surface area contributed by atoms with Gasteiger partial charge in [-0.1, -0.05) is 5.87 Å². The van der Waals surface area contributed by atoms with E-state index in [2.05, 4.69) is 11.2 Å². The maximum atomic E-state index is 13.0. The van der Waals surface area contributed by atoms with Gasteiger partial charge < -0.3 is 11.1 Å². The smallest absolute Gasteiger partial charge is 0.127 e. The molecule has 4 heteroatoms. The molecule has 0 saturated carbocycles. The van der Waals surface area contributed by atoms with Crippen LogP contribution in [0.3, 0.4) is 0 Å². The van der Waals surface area contributed by atoms with Crippen molar-refractivity contribution in [1.29, 1.82) is 0 Å². The van der Waals surface area contributed by atoms with Crippen LogP contribution in [0.1, 0.15) is 6.42 Å². The summed E-state index contributed by atoms with van der Waals surface area (Å²) in [5, 5.41) is 3.30. The Labute approximate surface area is 91.6 Å². The lowest BCUT2D eigenvalue weighted by molar-refractivity contribution is 0.628. The van der Waals surface area contributed by atoms with Gasteiger partial charge in [0.25, 0.3) is 0 Å². The van der Waals surface area contributed by atoms with Gasteiger partial charge in [0.05, 0.1) is 0 Å². The van der Waals surface area contributed by atoms with E-state index in [0.717, 1.165) is 17.9 Å². The van der Waals surface area contributed by atoms with Gasteiger partial charge in [-0.25, -0.2) is 4.39 Å². The third kappa shape index (κ3) is 2.72. The minimum Gasteiger partial charge on any atom is -0.399 e. The first-order valence-corrected chi connectivity index (χ1v) is 6.66. The fourth-order valence-electron chi connectivity index (χ4n) is 1.81. The van der Waals surface area contributed by atoms with Crippen molar-refractivity contribution in [3.8, 4) is 0 Å². The van der Waals surface area contributed by atoms with E-state index < -0.39 is 0 Å². The molecule has 0 aliphatic carbocycles. The van der Waals surface area contributed by atoms with E-state index in [-0.39, 0.29) is 16.3 Å². The molecule has 2 unspecified atom stereocenters. The van der Waals surface area contributed by atoms with Gasteiger partial charge in [0, 0.05) is 23.2 Å². The monoisotopic (exact) mass is 226 g/mol. The Morgan fingerprint density at radius 2 is 2.27 bits per heavy atom. The van der Waals surface area contributed by atoms with Gasteiger partial charge in [0.1, 0.15) is 5.82 Å². The van der Waals surface area contributed by atoms with E-state index in [4.69, 9.17) is 5.73 Å². The van der Waals surface area contributed by atoms with E-state index >= 15 is 0 Å². The van der Waals surface area contributed by atoms with Gasteiger partial charge in [-0.05, 0) is 30.4 Å². The molecule has 1 aliphatic heterocycles. The average Bonchev–Trinajstić information content (AvgIpc) is 2.49. The second kappa shape index (κ2) is 4.23. The molecule has 82 valence electrons. The Kier molecular flexibility index (Phi) is 2.95. The quantitative estimate of drug-likeness (QED) is 0.600. The molecule has 1 fully saturated rings. The van der Waals surface area contributed by atoms with Crippen LogP contribution < -0.4 is 11.1 Å². The molecule has 0 radical (unpaired) electrons. The van der Waals surface area contributed by atoms with Crippen LogP contribution in [0, 0.1) is 5.82 Å². The fraction of sp³-hybridized carbons (Fsp3) is 0.364. The number of hydrogen-bond donors (Lipinski definition) is 2. The predicted molar refractivity (Wildman–Crippen MR) is 67.3 cm³/mol. The molecule has 1 aliphatic rings. The summed E-state index contributed by atoms with van der Waals surface area (Å²) in [5.41, 5.74) is 6.81. The molecule has 1 heterocycles. The highest BCUT2D eigenvalue weighted by Crippen LogP contribution is 2.26. The van der Waals surface area contributed by atoms with Crippen LogP contribution in [0.15, 0.2) is 18.2 Å². The van der Waals surface area contributed by atoms with Crippen molar-refractivity contribution in [3.63, 3.8) is 0 Å². The van der Waals surface area contributed by atoms with Gasteiger partial charge in [0.15, 0.2) is 0 Å². The summed E-state index contributed by atoms with van der Waals surface area (Å²) in [6, 6.07) is 5.00. The van der Waals surface area contributed by atoms with Crippen molar-refractivity contribution in [2.45, 2.75) is 12.5 Å². The second-order valence-electron chi connectivity index (χ2n) is 3.89. The van der Waals surface area contributed by atoms with Gasteiger partial charge in [-0.15, -0.1) is 0 Å². The molecule has 0 bridgehead atoms. The third-order valence-corrected chi connectivity index (χ3v) is 4.17. The molecule has 2 rings (SSSR count). The highest BCUT2D eigenvalue weighted by Gasteiger charge is 2.16. The molecule has 0 amide bonds. The maximum Gasteiger partial charge on any atom is 0.127 e. The molecular weight excluding hydrogens is 211 g/mol. The minimum absolute atomic E-state index is 0.275. The lowest BCUT2D eigenvalue weighted by atomic mass is 10.2. The molecule has 2 atom stereocenters. The summed E-state index contributed by atoms with van der Waals surface area (Å²) < 4.78 is 13.0. The zero-order valence-electron chi connectivity index (χ0n) is 8.50. The number of nitrogens with one attached hydrogen (secondary N) is 1. The number of benzene rings is 1. The lowest BCUT2D eigenvalue weighted by Crippen LogP contribution is -2.18. The van der Waals surface area contributed by atoms with Crippen LogP contribution in [0.2, 0.25) is 0 Å². The van der Waals surface area contributed by atoms with Crippen LogP contribution in [-0.2, 0) is 0 Å². The topological polar surface area (TPSA) is 38.0 Å². The van der Waals surface area contributed by atoms with Crippen molar-refractivity contribution in [2.75, 3.05) is 22.6 Å². The summed E-state index contributed by atoms with van der Waals surface area (Å²) in [5.74, 6) is 6.01. The lowest BCUT2D eigenvalue weighted by Gasteiger charge is -2.13. The van der Waals surface area contributed by atoms with Gasteiger partial charge in [0.2, 0.25) is 0 Å².